The standard InChI is InChI=1S/C19H22O3/c1-10-7-13-11(8-15(10)20)9-16(21)18-12(13)5-6-19(2)14(18)3-4-17(19)22/h7-8,12,14,18,20H,3-6,9H2,1-2H3/t12-,14+,18-,19+/m1/s1. The van der Waals surface area contributed by atoms with E-state index in [1.807, 2.05) is 6.92 Å². The maximum atomic E-state index is 12.8. The van der Waals surface area contributed by atoms with E-state index in [9.17, 15) is 14.7 Å². The van der Waals surface area contributed by atoms with Crippen LogP contribution in [0.2, 0.25) is 0 Å². The minimum Gasteiger partial charge on any atom is -0.508 e. The Bertz CT molecular complexity index is 690. The van der Waals surface area contributed by atoms with E-state index in [4.69, 9.17) is 0 Å². The zero-order valence-electron chi connectivity index (χ0n) is 13.2. The molecule has 4 atom stereocenters. The van der Waals surface area contributed by atoms with Gasteiger partial charge in [-0.05, 0) is 60.8 Å². The van der Waals surface area contributed by atoms with Crippen molar-refractivity contribution >= 4 is 11.6 Å². The molecule has 3 aliphatic rings. The number of hydrogen-bond acceptors (Lipinski definition) is 3. The first-order valence-electron chi connectivity index (χ1n) is 8.30. The molecule has 1 aromatic rings. The molecule has 0 unspecified atom stereocenters. The van der Waals surface area contributed by atoms with Crippen molar-refractivity contribution in [3.63, 3.8) is 0 Å². The second-order valence-corrected chi connectivity index (χ2v) is 7.64. The molecule has 0 radical (unpaired) electrons. The Morgan fingerprint density at radius 2 is 2.00 bits per heavy atom. The fourth-order valence-electron chi connectivity index (χ4n) is 5.28. The molecule has 3 nitrogen and oxygen atoms in total. The maximum Gasteiger partial charge on any atom is 0.141 e. The van der Waals surface area contributed by atoms with Crippen LogP contribution >= 0.6 is 0 Å². The smallest absolute Gasteiger partial charge is 0.141 e. The number of aryl methyl sites for hydroxylation is 1. The summed E-state index contributed by atoms with van der Waals surface area (Å²) in [5, 5.41) is 9.93. The van der Waals surface area contributed by atoms with Gasteiger partial charge in [0.1, 0.15) is 17.3 Å². The highest BCUT2D eigenvalue weighted by Gasteiger charge is 2.56. The number of aromatic hydroxyl groups is 1. The highest BCUT2D eigenvalue weighted by atomic mass is 16.3. The van der Waals surface area contributed by atoms with Gasteiger partial charge in [0.2, 0.25) is 0 Å². The van der Waals surface area contributed by atoms with E-state index in [2.05, 4.69) is 13.0 Å². The lowest BCUT2D eigenvalue weighted by atomic mass is 9.55. The van der Waals surface area contributed by atoms with Gasteiger partial charge in [0.15, 0.2) is 0 Å². The van der Waals surface area contributed by atoms with Crippen LogP contribution in [0.25, 0.3) is 0 Å². The van der Waals surface area contributed by atoms with E-state index < -0.39 is 0 Å². The number of phenolic OH excluding ortho intramolecular Hbond substituents is 1. The van der Waals surface area contributed by atoms with E-state index >= 15 is 0 Å². The molecule has 0 bridgehead atoms. The van der Waals surface area contributed by atoms with Gasteiger partial charge >= 0.3 is 0 Å². The molecule has 22 heavy (non-hydrogen) atoms. The number of fused-ring (bicyclic) bond motifs is 5. The maximum absolute atomic E-state index is 12.8. The summed E-state index contributed by atoms with van der Waals surface area (Å²) >= 11 is 0. The van der Waals surface area contributed by atoms with Gasteiger partial charge in [-0.3, -0.25) is 9.59 Å². The van der Waals surface area contributed by atoms with Crippen LogP contribution in [0.3, 0.4) is 0 Å². The van der Waals surface area contributed by atoms with Crippen molar-refractivity contribution in [2.75, 3.05) is 0 Å². The highest BCUT2D eigenvalue weighted by Crippen LogP contribution is 2.58. The lowest BCUT2D eigenvalue weighted by molar-refractivity contribution is -0.135. The number of Topliss-reactive ketones (excluding diaryl/α,β-unsaturated/α-hetero) is 2. The van der Waals surface area contributed by atoms with Crippen molar-refractivity contribution in [2.45, 2.75) is 51.9 Å². The van der Waals surface area contributed by atoms with Crippen LogP contribution in [0, 0.1) is 24.2 Å². The number of ketones is 2. The fraction of sp³-hybridized carbons (Fsp3) is 0.579. The monoisotopic (exact) mass is 298 g/mol. The number of carbonyl (C=O) groups is 2. The van der Waals surface area contributed by atoms with Crippen molar-refractivity contribution < 1.29 is 14.7 Å². The van der Waals surface area contributed by atoms with Crippen LogP contribution in [0.4, 0.5) is 0 Å². The molecule has 1 aromatic carbocycles. The minimum atomic E-state index is -0.277. The van der Waals surface area contributed by atoms with Crippen LogP contribution in [0.1, 0.15) is 55.2 Å². The van der Waals surface area contributed by atoms with Gasteiger partial charge in [-0.25, -0.2) is 0 Å². The van der Waals surface area contributed by atoms with Crippen LogP contribution in [-0.2, 0) is 16.0 Å². The summed E-state index contributed by atoms with van der Waals surface area (Å²) in [6.45, 7) is 3.99. The molecule has 0 aliphatic heterocycles. The molecule has 3 aliphatic carbocycles. The molecule has 4 rings (SSSR count). The van der Waals surface area contributed by atoms with Gasteiger partial charge in [0.25, 0.3) is 0 Å². The largest absolute Gasteiger partial charge is 0.508 e. The Hall–Kier alpha value is -1.64. The lowest BCUT2D eigenvalue weighted by Gasteiger charge is -2.47. The third kappa shape index (κ3) is 1.68. The molecule has 116 valence electrons. The van der Waals surface area contributed by atoms with E-state index in [-0.39, 0.29) is 34.7 Å². The van der Waals surface area contributed by atoms with Crippen LogP contribution in [0.15, 0.2) is 12.1 Å². The van der Waals surface area contributed by atoms with Gasteiger partial charge in [-0.15, -0.1) is 0 Å². The quantitative estimate of drug-likeness (QED) is 0.799. The molecule has 1 N–H and O–H groups in total. The average molecular weight is 298 g/mol. The molecule has 0 amide bonds. The first kappa shape index (κ1) is 14.0. The summed E-state index contributed by atoms with van der Waals surface area (Å²) in [5.74, 6) is 1.36. The van der Waals surface area contributed by atoms with Crippen molar-refractivity contribution in [3.8, 4) is 5.75 Å². The van der Waals surface area contributed by atoms with Gasteiger partial charge in [0.05, 0.1) is 0 Å². The number of phenols is 1. The van der Waals surface area contributed by atoms with Crippen LogP contribution in [-0.4, -0.2) is 16.7 Å². The summed E-state index contributed by atoms with van der Waals surface area (Å²) in [7, 11) is 0. The summed E-state index contributed by atoms with van der Waals surface area (Å²) < 4.78 is 0. The zero-order chi connectivity index (χ0) is 15.6. The predicted octanol–water partition coefficient (Wildman–Crippen LogP) is 3.30. The van der Waals surface area contributed by atoms with Crippen LogP contribution < -0.4 is 0 Å². The second kappa shape index (κ2) is 4.43. The zero-order valence-corrected chi connectivity index (χ0v) is 13.2. The molecule has 0 heterocycles. The van der Waals surface area contributed by atoms with Crippen molar-refractivity contribution in [2.24, 2.45) is 17.3 Å². The fourth-order valence-corrected chi connectivity index (χ4v) is 5.28. The molecule has 3 heteroatoms. The SMILES string of the molecule is Cc1cc2c(cc1O)CC(=O)[C@@H]1[C@@H]2CC[C@]2(C)C(=O)CC[C@@H]12. The first-order chi connectivity index (χ1) is 10.4. The van der Waals surface area contributed by atoms with Gasteiger partial charge < -0.3 is 5.11 Å². The number of carbonyl (C=O) groups excluding carboxylic acids is 2. The second-order valence-electron chi connectivity index (χ2n) is 7.64. The summed E-state index contributed by atoms with van der Waals surface area (Å²) in [6.07, 6.45) is 3.72. The van der Waals surface area contributed by atoms with E-state index in [1.165, 1.54) is 5.56 Å². The van der Waals surface area contributed by atoms with Gasteiger partial charge in [-0.2, -0.15) is 0 Å². The minimum absolute atomic E-state index is 0.00152. The van der Waals surface area contributed by atoms with E-state index in [0.717, 1.165) is 30.4 Å². The van der Waals surface area contributed by atoms with Gasteiger partial charge in [-0.1, -0.05) is 13.0 Å². The Kier molecular flexibility index (Phi) is 2.82. The van der Waals surface area contributed by atoms with Crippen molar-refractivity contribution in [3.05, 3.63) is 28.8 Å². The molecular formula is C19H22O3. The third-order valence-electron chi connectivity index (χ3n) is 6.57. The number of hydrogen-bond donors (Lipinski definition) is 1. The Labute approximate surface area is 130 Å². The molecule has 2 fully saturated rings. The number of benzene rings is 1. The predicted molar refractivity (Wildman–Crippen MR) is 82.9 cm³/mol. The Morgan fingerprint density at radius 1 is 1.23 bits per heavy atom. The van der Waals surface area contributed by atoms with Crippen molar-refractivity contribution in [1.82, 2.24) is 0 Å². The van der Waals surface area contributed by atoms with Crippen LogP contribution in [0.5, 0.6) is 5.75 Å². The van der Waals surface area contributed by atoms with E-state index in [0.29, 0.717) is 18.6 Å². The molecule has 0 aromatic heterocycles. The molecule has 2 saturated carbocycles. The molecule has 0 saturated heterocycles. The molecular weight excluding hydrogens is 276 g/mol. The van der Waals surface area contributed by atoms with E-state index in [1.54, 1.807) is 6.07 Å². The number of rotatable bonds is 0. The Balaban J connectivity index is 1.81. The Morgan fingerprint density at radius 3 is 2.77 bits per heavy atom. The lowest BCUT2D eigenvalue weighted by Crippen LogP contribution is -2.46. The normalized spacial score (nSPS) is 36.7. The topological polar surface area (TPSA) is 54.4 Å². The highest BCUT2D eigenvalue weighted by molar-refractivity contribution is 5.92. The molecule has 0 spiro atoms. The van der Waals surface area contributed by atoms with Gasteiger partial charge in [0, 0.05) is 24.2 Å². The summed E-state index contributed by atoms with van der Waals surface area (Å²) in [5.41, 5.74) is 2.83. The summed E-state index contributed by atoms with van der Waals surface area (Å²) in [6, 6.07) is 3.83. The third-order valence-corrected chi connectivity index (χ3v) is 6.57. The average Bonchev–Trinajstić information content (AvgIpc) is 2.77. The van der Waals surface area contributed by atoms with Crippen molar-refractivity contribution in [1.29, 1.82) is 0 Å². The first-order valence-corrected chi connectivity index (χ1v) is 8.30. The summed E-state index contributed by atoms with van der Waals surface area (Å²) in [4.78, 5) is 25.1.